The van der Waals surface area contributed by atoms with Crippen molar-refractivity contribution in [1.82, 2.24) is 5.01 Å². The van der Waals surface area contributed by atoms with E-state index < -0.39 is 0 Å². The number of hydrogen-bond acceptors (Lipinski definition) is 6. The Bertz CT molecular complexity index is 1100. The number of methoxy groups -OCH3 is 1. The first-order valence-corrected chi connectivity index (χ1v) is 10.9. The van der Waals surface area contributed by atoms with Crippen molar-refractivity contribution in [2.45, 2.75) is 18.7 Å². The Morgan fingerprint density at radius 2 is 2.07 bits per heavy atom. The number of hydrazone groups is 1. The zero-order valence-corrected chi connectivity index (χ0v) is 17.9. The smallest absolute Gasteiger partial charge is 0.337 e. The molecule has 29 heavy (non-hydrogen) atoms. The van der Waals surface area contributed by atoms with Gasteiger partial charge in [0.15, 0.2) is 0 Å². The quantitative estimate of drug-likeness (QED) is 0.473. The molecule has 2 aromatic carbocycles. The van der Waals surface area contributed by atoms with Gasteiger partial charge in [0.2, 0.25) is 6.23 Å². The van der Waals surface area contributed by atoms with Crippen LogP contribution in [0.4, 0.5) is 0 Å². The van der Waals surface area contributed by atoms with E-state index in [-0.39, 0.29) is 18.2 Å². The standard InChI is InChI=1S/C22H17BrN2O3S/c1-27-22(26)14-6-4-13(5-7-14)21-25-18(12-17(24-25)20-3-2-10-29-20)16-11-15(23)8-9-19(16)28-21/h2-11,18,21H,12H2,1H3/t18-,21+/m1/s1. The van der Waals surface area contributed by atoms with Gasteiger partial charge >= 0.3 is 5.97 Å². The summed E-state index contributed by atoms with van der Waals surface area (Å²) in [4.78, 5) is 12.9. The minimum atomic E-state index is -0.363. The molecule has 0 saturated carbocycles. The van der Waals surface area contributed by atoms with Crippen LogP contribution in [0.2, 0.25) is 0 Å². The Hall–Kier alpha value is -2.64. The molecule has 0 radical (unpaired) electrons. The maximum absolute atomic E-state index is 11.8. The predicted molar refractivity (Wildman–Crippen MR) is 115 cm³/mol. The monoisotopic (exact) mass is 468 g/mol. The minimum absolute atomic E-state index is 0.0960. The maximum atomic E-state index is 11.8. The van der Waals surface area contributed by atoms with E-state index in [0.717, 1.165) is 33.5 Å². The Morgan fingerprint density at radius 3 is 2.79 bits per heavy atom. The summed E-state index contributed by atoms with van der Waals surface area (Å²) < 4.78 is 12.2. The summed E-state index contributed by atoms with van der Waals surface area (Å²) in [5.41, 5.74) is 3.64. The lowest BCUT2D eigenvalue weighted by Crippen LogP contribution is -2.33. The lowest BCUT2D eigenvalue weighted by atomic mass is 9.97. The molecule has 0 fully saturated rings. The highest BCUT2D eigenvalue weighted by Gasteiger charge is 2.41. The highest BCUT2D eigenvalue weighted by molar-refractivity contribution is 9.10. The summed E-state index contributed by atoms with van der Waals surface area (Å²) in [5.74, 6) is 0.507. The van der Waals surface area contributed by atoms with Crippen LogP contribution in [0.1, 0.15) is 45.1 Å². The second-order valence-electron chi connectivity index (χ2n) is 6.89. The molecule has 0 amide bonds. The van der Waals surface area contributed by atoms with E-state index in [1.165, 1.54) is 12.0 Å². The molecule has 5 nitrogen and oxygen atoms in total. The average Bonchev–Trinajstić information content (AvgIpc) is 3.43. The average molecular weight is 469 g/mol. The molecular formula is C22H17BrN2O3S. The van der Waals surface area contributed by atoms with E-state index in [1.54, 1.807) is 23.5 Å². The summed E-state index contributed by atoms with van der Waals surface area (Å²) in [7, 11) is 1.38. The van der Waals surface area contributed by atoms with Gasteiger partial charge in [0.1, 0.15) is 5.75 Å². The van der Waals surface area contributed by atoms with Crippen molar-refractivity contribution in [3.05, 3.63) is 86.0 Å². The number of ether oxygens (including phenoxy) is 2. The van der Waals surface area contributed by atoms with E-state index in [4.69, 9.17) is 14.6 Å². The van der Waals surface area contributed by atoms with Crippen LogP contribution in [0, 0.1) is 0 Å². The number of hydrogen-bond donors (Lipinski definition) is 0. The van der Waals surface area contributed by atoms with Crippen LogP contribution in [0.3, 0.4) is 0 Å². The Morgan fingerprint density at radius 1 is 1.24 bits per heavy atom. The van der Waals surface area contributed by atoms with Gasteiger partial charge in [-0.1, -0.05) is 34.1 Å². The van der Waals surface area contributed by atoms with Gasteiger partial charge in [-0.3, -0.25) is 0 Å². The van der Waals surface area contributed by atoms with Gasteiger partial charge in [-0.2, -0.15) is 5.10 Å². The molecule has 1 aromatic heterocycles. The number of carbonyl (C=O) groups is 1. The number of carbonyl (C=O) groups excluding carboxylic acids is 1. The Balaban J connectivity index is 1.56. The maximum Gasteiger partial charge on any atom is 0.337 e. The summed E-state index contributed by atoms with van der Waals surface area (Å²) >= 11 is 5.27. The van der Waals surface area contributed by atoms with Gasteiger partial charge in [0.05, 0.1) is 29.3 Å². The summed E-state index contributed by atoms with van der Waals surface area (Å²) in [6.07, 6.45) is 0.460. The normalized spacial score (nSPS) is 19.8. The second-order valence-corrected chi connectivity index (χ2v) is 8.75. The molecular weight excluding hydrogens is 452 g/mol. The first-order valence-electron chi connectivity index (χ1n) is 9.18. The fourth-order valence-corrected chi connectivity index (χ4v) is 4.87. The van der Waals surface area contributed by atoms with Crippen molar-refractivity contribution in [2.75, 3.05) is 7.11 Å². The summed E-state index contributed by atoms with van der Waals surface area (Å²) in [6, 6.07) is 17.7. The molecule has 146 valence electrons. The summed E-state index contributed by atoms with van der Waals surface area (Å²) in [5, 5.41) is 9.05. The molecule has 0 bridgehead atoms. The highest BCUT2D eigenvalue weighted by atomic mass is 79.9. The van der Waals surface area contributed by atoms with Crippen LogP contribution in [0.5, 0.6) is 5.75 Å². The van der Waals surface area contributed by atoms with E-state index in [0.29, 0.717) is 5.56 Å². The Kier molecular flexibility index (Phi) is 4.64. The van der Waals surface area contributed by atoms with Crippen LogP contribution in [-0.2, 0) is 4.74 Å². The van der Waals surface area contributed by atoms with Gasteiger partial charge in [0.25, 0.3) is 0 Å². The first kappa shape index (κ1) is 18.4. The second kappa shape index (κ2) is 7.31. The number of rotatable bonds is 3. The highest BCUT2D eigenvalue weighted by Crippen LogP contribution is 2.48. The first-order chi connectivity index (χ1) is 14.1. The van der Waals surface area contributed by atoms with Crippen molar-refractivity contribution in [3.8, 4) is 5.75 Å². The van der Waals surface area contributed by atoms with Crippen LogP contribution in [-0.4, -0.2) is 23.8 Å². The van der Waals surface area contributed by atoms with Crippen molar-refractivity contribution in [3.63, 3.8) is 0 Å². The minimum Gasteiger partial charge on any atom is -0.465 e. The third-order valence-electron chi connectivity index (χ3n) is 5.17. The van der Waals surface area contributed by atoms with E-state index in [1.807, 2.05) is 35.3 Å². The molecule has 3 aromatic rings. The molecule has 2 aliphatic heterocycles. The zero-order valence-electron chi connectivity index (χ0n) is 15.5. The van der Waals surface area contributed by atoms with E-state index >= 15 is 0 Å². The topological polar surface area (TPSA) is 51.1 Å². The van der Waals surface area contributed by atoms with Crippen LogP contribution < -0.4 is 4.74 Å². The van der Waals surface area contributed by atoms with Gasteiger partial charge < -0.3 is 9.47 Å². The van der Waals surface area contributed by atoms with Crippen LogP contribution in [0.15, 0.2) is 69.6 Å². The number of fused-ring (bicyclic) bond motifs is 3. The molecule has 0 aliphatic carbocycles. The summed E-state index contributed by atoms with van der Waals surface area (Å²) in [6.45, 7) is 0. The molecule has 3 heterocycles. The van der Waals surface area contributed by atoms with Crippen molar-refractivity contribution in [2.24, 2.45) is 5.10 Å². The van der Waals surface area contributed by atoms with Gasteiger partial charge in [0, 0.05) is 22.0 Å². The molecule has 2 aliphatic rings. The Labute approximate surface area is 180 Å². The zero-order chi connectivity index (χ0) is 20.0. The lowest BCUT2D eigenvalue weighted by molar-refractivity contribution is -0.0191. The number of nitrogens with zero attached hydrogens (tertiary/aromatic N) is 2. The fraction of sp³-hybridized carbons (Fsp3) is 0.182. The fourth-order valence-electron chi connectivity index (χ4n) is 3.77. The SMILES string of the molecule is COC(=O)c1ccc([C@@H]2Oc3ccc(Br)cc3[C@H]3CC(c4cccs4)=NN32)cc1. The van der Waals surface area contributed by atoms with Crippen molar-refractivity contribution in [1.29, 1.82) is 0 Å². The van der Waals surface area contributed by atoms with Gasteiger partial charge in [-0.15, -0.1) is 11.3 Å². The molecule has 0 spiro atoms. The van der Waals surface area contributed by atoms with E-state index in [9.17, 15) is 4.79 Å². The number of esters is 1. The van der Waals surface area contributed by atoms with Gasteiger partial charge in [-0.05, 0) is 41.8 Å². The molecule has 0 N–H and O–H groups in total. The van der Waals surface area contributed by atoms with Crippen molar-refractivity contribution >= 4 is 38.9 Å². The number of benzene rings is 2. The molecule has 5 rings (SSSR count). The van der Waals surface area contributed by atoms with E-state index in [2.05, 4.69) is 33.4 Å². The van der Waals surface area contributed by atoms with Gasteiger partial charge in [-0.25, -0.2) is 9.80 Å². The predicted octanol–water partition coefficient (Wildman–Crippen LogP) is 5.54. The third kappa shape index (κ3) is 3.24. The number of thiophene rings is 1. The lowest BCUT2D eigenvalue weighted by Gasteiger charge is -2.38. The van der Waals surface area contributed by atoms with Crippen LogP contribution >= 0.6 is 27.3 Å². The molecule has 0 saturated heterocycles. The molecule has 2 atom stereocenters. The molecule has 7 heteroatoms. The largest absolute Gasteiger partial charge is 0.465 e. The number of halogens is 1. The third-order valence-corrected chi connectivity index (χ3v) is 6.59. The molecule has 0 unspecified atom stereocenters. The van der Waals surface area contributed by atoms with Crippen molar-refractivity contribution < 1.29 is 14.3 Å². The van der Waals surface area contributed by atoms with Crippen LogP contribution in [0.25, 0.3) is 0 Å².